The molecule has 0 saturated carbocycles. The lowest BCUT2D eigenvalue weighted by atomic mass is 10.3. The molecule has 0 atom stereocenters. The van der Waals surface area contributed by atoms with E-state index >= 15 is 0 Å². The average molecular weight is 222 g/mol. The Labute approximate surface area is 93.3 Å². The summed E-state index contributed by atoms with van der Waals surface area (Å²) in [5, 5.41) is 17.1. The zero-order valence-corrected chi connectivity index (χ0v) is 9.10. The first kappa shape index (κ1) is 12.2. The highest BCUT2D eigenvalue weighted by molar-refractivity contribution is 5.82. The molecule has 6 nitrogen and oxygen atoms in total. The van der Waals surface area contributed by atoms with Gasteiger partial charge in [-0.05, 0) is 38.1 Å². The summed E-state index contributed by atoms with van der Waals surface area (Å²) >= 11 is 0. The van der Waals surface area contributed by atoms with Crippen LogP contribution in [0.3, 0.4) is 0 Å². The van der Waals surface area contributed by atoms with Crippen LogP contribution < -0.4 is 11.0 Å². The molecular weight excluding hydrogens is 208 g/mol. The lowest BCUT2D eigenvalue weighted by Gasteiger charge is -2.00. The van der Waals surface area contributed by atoms with Crippen molar-refractivity contribution < 1.29 is 10.4 Å². The van der Waals surface area contributed by atoms with Crippen molar-refractivity contribution in [3.05, 3.63) is 24.3 Å². The molecule has 6 heteroatoms. The van der Waals surface area contributed by atoms with Gasteiger partial charge >= 0.3 is 0 Å². The van der Waals surface area contributed by atoms with Crippen molar-refractivity contribution in [1.82, 2.24) is 11.0 Å². The highest BCUT2D eigenvalue weighted by Crippen LogP contribution is 2.18. The van der Waals surface area contributed by atoms with E-state index in [9.17, 15) is 0 Å². The van der Waals surface area contributed by atoms with Crippen molar-refractivity contribution in [3.63, 3.8) is 0 Å². The molecule has 0 spiro atoms. The maximum absolute atomic E-state index is 8.56. The van der Waals surface area contributed by atoms with Gasteiger partial charge in [0, 0.05) is 0 Å². The average Bonchev–Trinajstić information content (AvgIpc) is 2.31. The molecule has 0 aliphatic heterocycles. The van der Waals surface area contributed by atoms with E-state index in [-0.39, 0.29) is 0 Å². The third-order valence-corrected chi connectivity index (χ3v) is 1.77. The van der Waals surface area contributed by atoms with Crippen LogP contribution in [0.25, 0.3) is 0 Å². The Morgan fingerprint density at radius 3 is 1.44 bits per heavy atom. The summed E-state index contributed by atoms with van der Waals surface area (Å²) in [5.41, 5.74) is 5.30. The molecule has 0 aliphatic carbocycles. The first-order valence-corrected chi connectivity index (χ1v) is 4.66. The number of hydroxylamine groups is 2. The summed E-state index contributed by atoms with van der Waals surface area (Å²) < 4.78 is 0. The van der Waals surface area contributed by atoms with Crippen molar-refractivity contribution in [2.45, 2.75) is 13.8 Å². The Balaban J connectivity index is 2.83. The summed E-state index contributed by atoms with van der Waals surface area (Å²) in [6.45, 7) is 3.29. The fraction of sp³-hybridized carbons (Fsp3) is 0.200. The summed E-state index contributed by atoms with van der Waals surface area (Å²) in [6, 6.07) is 7.02. The quantitative estimate of drug-likeness (QED) is 0.348. The fourth-order valence-corrected chi connectivity index (χ4v) is 1.04. The minimum Gasteiger partial charge on any atom is -0.290 e. The van der Waals surface area contributed by atoms with Crippen LogP contribution in [-0.2, 0) is 0 Å². The molecule has 0 bridgehead atoms. The third-order valence-electron chi connectivity index (χ3n) is 1.77. The van der Waals surface area contributed by atoms with Crippen LogP contribution in [0.1, 0.15) is 13.8 Å². The smallest absolute Gasteiger partial charge is 0.123 e. The Bertz CT molecular complexity index is 359. The molecule has 0 amide bonds. The van der Waals surface area contributed by atoms with E-state index in [0.29, 0.717) is 23.0 Å². The molecular formula is C10H14N4O2. The Morgan fingerprint density at radius 2 is 1.19 bits per heavy atom. The van der Waals surface area contributed by atoms with Crippen LogP contribution >= 0.6 is 0 Å². The lowest BCUT2D eigenvalue weighted by molar-refractivity contribution is 0.233. The Morgan fingerprint density at radius 1 is 0.875 bits per heavy atom. The van der Waals surface area contributed by atoms with Crippen LogP contribution in [0.15, 0.2) is 34.3 Å². The van der Waals surface area contributed by atoms with Crippen molar-refractivity contribution in [3.8, 4) is 0 Å². The predicted octanol–water partition coefficient (Wildman–Crippen LogP) is 1.74. The van der Waals surface area contributed by atoms with Gasteiger partial charge in [0.05, 0.1) is 11.4 Å². The maximum atomic E-state index is 8.56. The number of nitrogens with one attached hydrogen (secondary N) is 2. The van der Waals surface area contributed by atoms with E-state index < -0.39 is 0 Å². The first-order chi connectivity index (χ1) is 7.65. The molecule has 16 heavy (non-hydrogen) atoms. The lowest BCUT2D eigenvalue weighted by Crippen LogP contribution is -2.14. The van der Waals surface area contributed by atoms with Gasteiger partial charge in [0.2, 0.25) is 0 Å². The second-order valence-electron chi connectivity index (χ2n) is 3.13. The highest BCUT2D eigenvalue weighted by Gasteiger charge is 1.93. The topological polar surface area (TPSA) is 89.2 Å². The summed E-state index contributed by atoms with van der Waals surface area (Å²) in [5.74, 6) is 0.814. The largest absolute Gasteiger partial charge is 0.290 e. The van der Waals surface area contributed by atoms with Gasteiger partial charge in [-0.2, -0.15) is 0 Å². The molecule has 0 aromatic heterocycles. The van der Waals surface area contributed by atoms with Crippen molar-refractivity contribution in [1.29, 1.82) is 0 Å². The number of hydrogen-bond donors (Lipinski definition) is 4. The fourth-order valence-electron chi connectivity index (χ4n) is 1.04. The van der Waals surface area contributed by atoms with Crippen LogP contribution in [0.5, 0.6) is 0 Å². The van der Waals surface area contributed by atoms with Crippen LogP contribution in [0.4, 0.5) is 11.4 Å². The minimum absolute atomic E-state index is 0.407. The maximum Gasteiger partial charge on any atom is 0.123 e. The zero-order valence-electron chi connectivity index (χ0n) is 9.10. The van der Waals surface area contributed by atoms with E-state index in [0.717, 1.165) is 0 Å². The second kappa shape index (κ2) is 5.84. The number of rotatable bonds is 2. The van der Waals surface area contributed by atoms with E-state index in [1.54, 1.807) is 38.1 Å². The summed E-state index contributed by atoms with van der Waals surface area (Å²) in [7, 11) is 0. The van der Waals surface area contributed by atoms with Gasteiger partial charge in [-0.25, -0.2) is 9.98 Å². The van der Waals surface area contributed by atoms with Gasteiger partial charge in [-0.3, -0.25) is 21.4 Å². The molecule has 0 unspecified atom stereocenters. The van der Waals surface area contributed by atoms with E-state index in [1.165, 1.54) is 0 Å². The van der Waals surface area contributed by atoms with E-state index in [1.807, 2.05) is 11.0 Å². The number of amidine groups is 2. The Kier molecular flexibility index (Phi) is 4.43. The predicted molar refractivity (Wildman–Crippen MR) is 61.8 cm³/mol. The van der Waals surface area contributed by atoms with Crippen LogP contribution in [0, 0.1) is 0 Å². The third kappa shape index (κ3) is 3.68. The standard InChI is InChI=1S/C10H14N4O2/c1-7(13-15)11-9-3-5-10(6-4-9)12-8(2)14-16/h3-6,15-16H,1-2H3,(H,11,13)(H,12,14). The molecule has 0 heterocycles. The highest BCUT2D eigenvalue weighted by atomic mass is 16.5. The van der Waals surface area contributed by atoms with Crippen LogP contribution in [-0.4, -0.2) is 22.1 Å². The monoisotopic (exact) mass is 222 g/mol. The molecule has 0 radical (unpaired) electrons. The van der Waals surface area contributed by atoms with Gasteiger partial charge in [0.1, 0.15) is 11.7 Å². The first-order valence-electron chi connectivity index (χ1n) is 4.66. The minimum atomic E-state index is 0.407. The van der Waals surface area contributed by atoms with Gasteiger partial charge in [-0.1, -0.05) is 0 Å². The summed E-state index contributed by atoms with van der Waals surface area (Å²) in [6.07, 6.45) is 0. The number of aliphatic imine (C=N–C) groups is 2. The van der Waals surface area contributed by atoms with Crippen molar-refractivity contribution in [2.24, 2.45) is 9.98 Å². The number of hydrogen-bond acceptors (Lipinski definition) is 4. The van der Waals surface area contributed by atoms with Gasteiger partial charge < -0.3 is 0 Å². The molecule has 86 valence electrons. The SMILES string of the molecule is CC(=Nc1ccc(N=C(C)NO)cc1)NO. The number of benzene rings is 1. The second-order valence-corrected chi connectivity index (χ2v) is 3.13. The molecule has 1 rings (SSSR count). The van der Waals surface area contributed by atoms with Gasteiger partial charge in [0.25, 0.3) is 0 Å². The Hall–Kier alpha value is -1.92. The summed E-state index contributed by atoms with van der Waals surface area (Å²) in [4.78, 5) is 8.12. The van der Waals surface area contributed by atoms with Crippen LogP contribution in [0.2, 0.25) is 0 Å². The van der Waals surface area contributed by atoms with Gasteiger partial charge in [0.15, 0.2) is 0 Å². The molecule has 0 fully saturated rings. The molecule has 0 saturated heterocycles. The van der Waals surface area contributed by atoms with E-state index in [4.69, 9.17) is 10.4 Å². The number of nitrogens with zero attached hydrogens (tertiary/aromatic N) is 2. The van der Waals surface area contributed by atoms with Crippen molar-refractivity contribution in [2.75, 3.05) is 0 Å². The molecule has 1 aromatic rings. The van der Waals surface area contributed by atoms with Crippen molar-refractivity contribution >= 4 is 23.0 Å². The molecule has 4 N–H and O–H groups in total. The molecule has 0 aliphatic rings. The van der Waals surface area contributed by atoms with E-state index in [2.05, 4.69) is 9.98 Å². The zero-order chi connectivity index (χ0) is 12.0. The van der Waals surface area contributed by atoms with Gasteiger partial charge in [-0.15, -0.1) is 0 Å². The molecule has 1 aromatic carbocycles. The normalized spacial score (nSPS) is 12.5.